The molecule has 0 spiro atoms. The van der Waals surface area contributed by atoms with Crippen molar-refractivity contribution >= 4 is 44.9 Å². The summed E-state index contributed by atoms with van der Waals surface area (Å²) in [6.45, 7) is 5.54. The average molecular weight is 589 g/mol. The van der Waals surface area contributed by atoms with Crippen molar-refractivity contribution < 1.29 is 19.1 Å². The van der Waals surface area contributed by atoms with Gasteiger partial charge in [0.05, 0.1) is 20.8 Å². The highest BCUT2D eigenvalue weighted by Crippen LogP contribution is 2.28. The van der Waals surface area contributed by atoms with Crippen molar-refractivity contribution in [1.29, 1.82) is 0 Å². The lowest BCUT2D eigenvalue weighted by molar-refractivity contribution is -0.132. The fourth-order valence-corrected chi connectivity index (χ4v) is 4.83. The van der Waals surface area contributed by atoms with Gasteiger partial charge in [0.2, 0.25) is 5.91 Å². The van der Waals surface area contributed by atoms with Crippen molar-refractivity contribution in [3.63, 3.8) is 0 Å². The molecule has 37 heavy (non-hydrogen) atoms. The van der Waals surface area contributed by atoms with Crippen molar-refractivity contribution in [2.75, 3.05) is 39.2 Å². The molecule has 0 aliphatic carbocycles. The van der Waals surface area contributed by atoms with E-state index >= 15 is 0 Å². The van der Waals surface area contributed by atoms with E-state index in [1.807, 2.05) is 78.7 Å². The first-order chi connectivity index (χ1) is 17.8. The summed E-state index contributed by atoms with van der Waals surface area (Å²) in [7, 11) is 3.21. The number of nitrogens with zero attached hydrogens (tertiary/aromatic N) is 2. The number of nitrogens with one attached hydrogen (secondary N) is 1. The Morgan fingerprint density at radius 2 is 1.73 bits per heavy atom. The third-order valence-electron chi connectivity index (χ3n) is 5.69. The topological polar surface area (TPSA) is 71.1 Å². The smallest absolute Gasteiger partial charge is 0.322 e. The van der Waals surface area contributed by atoms with Crippen molar-refractivity contribution in [3.8, 4) is 11.5 Å². The Bertz CT molecular complexity index is 1150. The van der Waals surface area contributed by atoms with Gasteiger partial charge in [-0.3, -0.25) is 4.79 Å². The third kappa shape index (κ3) is 8.79. The molecule has 0 aliphatic heterocycles. The standard InChI is InChI=1S/C28H34BrN3O4S/c1-20(2)17-32(28(34)30-23-10-8-22(29)9-11-23)19-27(33)31(18-24-6-5-15-37-24)14-13-21-7-12-25(35-3)26(16-21)36-4/h5-12,15-16,20H,13-14,17-19H2,1-4H3,(H,30,34). The maximum atomic E-state index is 13.6. The molecule has 3 rings (SSSR count). The van der Waals surface area contributed by atoms with Gasteiger partial charge < -0.3 is 24.6 Å². The second-order valence-corrected chi connectivity index (χ2v) is 11.0. The lowest BCUT2D eigenvalue weighted by atomic mass is 10.1. The molecule has 2 aromatic carbocycles. The van der Waals surface area contributed by atoms with Crippen LogP contribution in [0.4, 0.5) is 10.5 Å². The number of hydrogen-bond acceptors (Lipinski definition) is 5. The molecule has 198 valence electrons. The number of carbonyl (C=O) groups is 2. The molecule has 0 saturated carbocycles. The Morgan fingerprint density at radius 1 is 1.00 bits per heavy atom. The highest BCUT2D eigenvalue weighted by molar-refractivity contribution is 9.10. The van der Waals surface area contributed by atoms with Crippen LogP contribution in [0.3, 0.4) is 0 Å². The number of ether oxygens (including phenoxy) is 2. The zero-order valence-electron chi connectivity index (χ0n) is 21.7. The SMILES string of the molecule is COc1ccc(CCN(Cc2cccs2)C(=O)CN(CC(C)C)C(=O)Nc2ccc(Br)cc2)cc1OC. The number of carbonyl (C=O) groups excluding carboxylic acids is 2. The molecule has 1 N–H and O–H groups in total. The van der Waals surface area contributed by atoms with Crippen LogP contribution in [0.5, 0.6) is 11.5 Å². The minimum Gasteiger partial charge on any atom is -0.493 e. The van der Waals surface area contributed by atoms with Gasteiger partial charge in [-0.15, -0.1) is 11.3 Å². The summed E-state index contributed by atoms with van der Waals surface area (Å²) in [5.41, 5.74) is 1.71. The van der Waals surface area contributed by atoms with Gasteiger partial charge in [0.1, 0.15) is 6.54 Å². The van der Waals surface area contributed by atoms with Crippen LogP contribution in [0.15, 0.2) is 64.5 Å². The van der Waals surface area contributed by atoms with E-state index < -0.39 is 0 Å². The predicted molar refractivity (Wildman–Crippen MR) is 153 cm³/mol. The summed E-state index contributed by atoms with van der Waals surface area (Å²) >= 11 is 5.02. The summed E-state index contributed by atoms with van der Waals surface area (Å²) in [5.74, 6) is 1.43. The fraction of sp³-hybridized carbons (Fsp3) is 0.357. The van der Waals surface area contributed by atoms with Gasteiger partial charge in [0, 0.05) is 28.1 Å². The van der Waals surface area contributed by atoms with Crippen LogP contribution >= 0.6 is 27.3 Å². The Labute approximate surface area is 231 Å². The summed E-state index contributed by atoms with van der Waals surface area (Å²) < 4.78 is 11.7. The number of amides is 3. The molecule has 9 heteroatoms. The van der Waals surface area contributed by atoms with E-state index in [2.05, 4.69) is 21.2 Å². The van der Waals surface area contributed by atoms with Crippen LogP contribution in [0, 0.1) is 5.92 Å². The molecule has 0 unspecified atom stereocenters. The van der Waals surface area contributed by atoms with Gasteiger partial charge >= 0.3 is 6.03 Å². The monoisotopic (exact) mass is 587 g/mol. The van der Waals surface area contributed by atoms with Crippen molar-refractivity contribution in [2.45, 2.75) is 26.8 Å². The summed E-state index contributed by atoms with van der Waals surface area (Å²) in [6, 6.07) is 16.9. The number of benzene rings is 2. The molecule has 7 nitrogen and oxygen atoms in total. The van der Waals surface area contributed by atoms with Crippen LogP contribution in [-0.4, -0.2) is 55.6 Å². The van der Waals surface area contributed by atoms with E-state index in [-0.39, 0.29) is 24.4 Å². The molecule has 0 radical (unpaired) electrons. The molecule has 0 atom stereocenters. The molecule has 0 saturated heterocycles. The highest BCUT2D eigenvalue weighted by atomic mass is 79.9. The molecule has 3 aromatic rings. The summed E-state index contributed by atoms with van der Waals surface area (Å²) in [5, 5.41) is 4.92. The number of halogens is 1. The molecule has 0 aliphatic rings. The third-order valence-corrected chi connectivity index (χ3v) is 7.08. The van der Waals surface area contributed by atoms with E-state index in [0.29, 0.717) is 43.2 Å². The summed E-state index contributed by atoms with van der Waals surface area (Å²) in [6.07, 6.45) is 0.646. The van der Waals surface area contributed by atoms with Crippen LogP contribution < -0.4 is 14.8 Å². The largest absolute Gasteiger partial charge is 0.493 e. The lowest BCUT2D eigenvalue weighted by Gasteiger charge is -2.29. The first-order valence-corrected chi connectivity index (χ1v) is 13.8. The Balaban J connectivity index is 1.74. The van der Waals surface area contributed by atoms with Crippen LogP contribution in [0.2, 0.25) is 0 Å². The number of methoxy groups -OCH3 is 2. The van der Waals surface area contributed by atoms with Gasteiger partial charge in [0.25, 0.3) is 0 Å². The van der Waals surface area contributed by atoms with E-state index in [1.54, 1.807) is 30.5 Å². The molecule has 3 amide bonds. The molecular formula is C28H34BrN3O4S. The second kappa shape index (κ2) is 14.0. The van der Waals surface area contributed by atoms with E-state index in [0.717, 1.165) is 14.9 Å². The van der Waals surface area contributed by atoms with Crippen molar-refractivity contribution in [3.05, 3.63) is 74.9 Å². The van der Waals surface area contributed by atoms with Crippen LogP contribution in [0.1, 0.15) is 24.3 Å². The number of rotatable bonds is 12. The predicted octanol–water partition coefficient (Wildman–Crippen LogP) is 6.29. The van der Waals surface area contributed by atoms with E-state index in [4.69, 9.17) is 9.47 Å². The maximum absolute atomic E-state index is 13.6. The van der Waals surface area contributed by atoms with E-state index in [1.165, 1.54) is 0 Å². The molecule has 0 bridgehead atoms. The average Bonchev–Trinajstić information content (AvgIpc) is 3.40. The van der Waals surface area contributed by atoms with Gasteiger partial charge in [-0.25, -0.2) is 4.79 Å². The molecular weight excluding hydrogens is 554 g/mol. The molecule has 1 heterocycles. The number of urea groups is 1. The van der Waals surface area contributed by atoms with Gasteiger partial charge in [-0.1, -0.05) is 41.9 Å². The Kier molecular flexibility index (Phi) is 10.8. The number of thiophene rings is 1. The maximum Gasteiger partial charge on any atom is 0.322 e. The quantitative estimate of drug-likeness (QED) is 0.270. The zero-order chi connectivity index (χ0) is 26.8. The van der Waals surface area contributed by atoms with Crippen LogP contribution in [-0.2, 0) is 17.8 Å². The summed E-state index contributed by atoms with van der Waals surface area (Å²) in [4.78, 5) is 31.2. The normalized spacial score (nSPS) is 10.8. The number of anilines is 1. The first kappa shape index (κ1) is 28.5. The van der Waals surface area contributed by atoms with E-state index in [9.17, 15) is 9.59 Å². The van der Waals surface area contributed by atoms with Crippen molar-refractivity contribution in [1.82, 2.24) is 9.80 Å². The second-order valence-electron chi connectivity index (χ2n) is 9.05. The lowest BCUT2D eigenvalue weighted by Crippen LogP contribution is -2.46. The van der Waals surface area contributed by atoms with Gasteiger partial charge in [-0.2, -0.15) is 0 Å². The van der Waals surface area contributed by atoms with Gasteiger partial charge in [0.15, 0.2) is 11.5 Å². The minimum atomic E-state index is -0.291. The highest BCUT2D eigenvalue weighted by Gasteiger charge is 2.23. The zero-order valence-corrected chi connectivity index (χ0v) is 24.1. The van der Waals surface area contributed by atoms with Crippen LogP contribution in [0.25, 0.3) is 0 Å². The Morgan fingerprint density at radius 3 is 2.35 bits per heavy atom. The molecule has 1 aromatic heterocycles. The van der Waals surface area contributed by atoms with Crippen molar-refractivity contribution in [2.24, 2.45) is 5.92 Å². The van der Waals surface area contributed by atoms with Gasteiger partial charge in [-0.05, 0) is 65.7 Å². The Hall–Kier alpha value is -3.04. The number of hydrogen-bond donors (Lipinski definition) is 1. The molecule has 0 fully saturated rings. The minimum absolute atomic E-state index is 0.00213. The fourth-order valence-electron chi connectivity index (χ4n) is 3.84. The first-order valence-electron chi connectivity index (χ1n) is 12.1.